The largest absolute Gasteiger partial charge is 0.455 e. The van der Waals surface area contributed by atoms with E-state index >= 15 is 0 Å². The molecule has 6 aromatic rings. The van der Waals surface area contributed by atoms with Crippen molar-refractivity contribution in [3.8, 4) is 33.0 Å². The second-order valence-corrected chi connectivity index (χ2v) is 12.5. The van der Waals surface area contributed by atoms with Crippen LogP contribution in [0.1, 0.15) is 10.4 Å². The molecule has 11 heteroatoms. The molecule has 3 heterocycles. The van der Waals surface area contributed by atoms with E-state index in [1.54, 1.807) is 24.5 Å². The molecule has 3 aromatic heterocycles. The third kappa shape index (κ3) is 4.83. The van der Waals surface area contributed by atoms with Gasteiger partial charge in [0.2, 0.25) is 10.0 Å². The summed E-state index contributed by atoms with van der Waals surface area (Å²) in [5, 5.41) is 3.93. The Morgan fingerprint density at radius 2 is 1.78 bits per heavy atom. The normalized spacial score (nSPS) is 11.7. The lowest BCUT2D eigenvalue weighted by Crippen LogP contribution is -2.25. The van der Waals surface area contributed by atoms with Crippen molar-refractivity contribution in [1.29, 1.82) is 0 Å². The average Bonchev–Trinajstić information content (AvgIpc) is 3.57. The van der Waals surface area contributed by atoms with Gasteiger partial charge in [-0.3, -0.25) is 14.1 Å². The molecule has 8 nitrogen and oxygen atoms in total. The van der Waals surface area contributed by atoms with E-state index in [1.165, 1.54) is 54.0 Å². The van der Waals surface area contributed by atoms with E-state index in [2.05, 4.69) is 10.3 Å². The monoisotopic (exact) mass is 586 g/mol. The molecule has 1 N–H and O–H groups in total. The Kier molecular flexibility index (Phi) is 6.55. The minimum Gasteiger partial charge on any atom is -0.455 e. The zero-order chi connectivity index (χ0) is 28.9. The number of pyridine rings is 1. The number of nitrogens with one attached hydrogen (secondary N) is 1. The lowest BCUT2D eigenvalue weighted by Gasteiger charge is -2.21. The SMILES string of the molecule is CNC(=O)c1c(-c2ccc(F)cc2)oc2cc(N(C)S(C)(=O)=O)c(-c3cccc(-c4nc5ccncc5s4)c3)cc12. The first-order valence-corrected chi connectivity index (χ1v) is 15.1. The number of rotatable bonds is 6. The topological polar surface area (TPSA) is 105 Å². The van der Waals surface area contributed by atoms with E-state index in [0.29, 0.717) is 27.8 Å². The molecule has 0 spiro atoms. The first kappa shape index (κ1) is 26.6. The molecule has 41 heavy (non-hydrogen) atoms. The summed E-state index contributed by atoms with van der Waals surface area (Å²) in [6, 6.07) is 18.5. The number of amides is 1. The van der Waals surface area contributed by atoms with Crippen LogP contribution >= 0.6 is 11.3 Å². The highest BCUT2D eigenvalue weighted by atomic mass is 32.2. The zero-order valence-electron chi connectivity index (χ0n) is 22.2. The number of halogens is 1. The average molecular weight is 587 g/mol. The highest BCUT2D eigenvalue weighted by Crippen LogP contribution is 2.42. The first-order valence-electron chi connectivity index (χ1n) is 12.5. The molecule has 0 aliphatic rings. The maximum absolute atomic E-state index is 13.7. The number of nitrogens with zero attached hydrogens (tertiary/aromatic N) is 3. The molecular formula is C30H23FN4O4S2. The molecule has 0 aliphatic heterocycles. The summed E-state index contributed by atoms with van der Waals surface area (Å²) >= 11 is 1.51. The van der Waals surface area contributed by atoms with Gasteiger partial charge in [-0.05, 0) is 48.0 Å². The Morgan fingerprint density at radius 3 is 2.49 bits per heavy atom. The number of carbonyl (C=O) groups is 1. The van der Waals surface area contributed by atoms with Gasteiger partial charge in [-0.1, -0.05) is 18.2 Å². The second-order valence-electron chi connectivity index (χ2n) is 9.43. The lowest BCUT2D eigenvalue weighted by atomic mass is 9.97. The van der Waals surface area contributed by atoms with Gasteiger partial charge < -0.3 is 9.73 Å². The van der Waals surface area contributed by atoms with Crippen molar-refractivity contribution >= 4 is 54.1 Å². The number of carbonyl (C=O) groups excluding carboxylic acids is 1. The molecule has 0 aliphatic carbocycles. The van der Waals surface area contributed by atoms with Gasteiger partial charge in [-0.25, -0.2) is 17.8 Å². The highest BCUT2D eigenvalue weighted by molar-refractivity contribution is 7.92. The standard InChI is InChI=1S/C30H23FN4O4S2/c1-32-29(36)27-22-14-21(18-5-4-6-19(13-18)30-34-23-11-12-33-16-26(23)40-30)24(35(2)41(3,37)38)15-25(22)39-28(27)17-7-9-20(31)10-8-17/h4-16H,1-3H3,(H,32,36). The van der Waals surface area contributed by atoms with Crippen molar-refractivity contribution in [2.75, 3.05) is 24.7 Å². The van der Waals surface area contributed by atoms with Crippen LogP contribution in [0.25, 0.3) is 54.2 Å². The van der Waals surface area contributed by atoms with Crippen molar-refractivity contribution in [3.05, 3.63) is 90.5 Å². The van der Waals surface area contributed by atoms with Gasteiger partial charge in [0, 0.05) is 54.6 Å². The number of furan rings is 1. The van der Waals surface area contributed by atoms with Gasteiger partial charge in [0.05, 0.1) is 27.7 Å². The van der Waals surface area contributed by atoms with Gasteiger partial charge in [0.25, 0.3) is 5.91 Å². The van der Waals surface area contributed by atoms with Crippen LogP contribution in [0.5, 0.6) is 0 Å². The highest BCUT2D eigenvalue weighted by Gasteiger charge is 2.26. The quantitative estimate of drug-likeness (QED) is 0.244. The van der Waals surface area contributed by atoms with Crippen LogP contribution in [0.2, 0.25) is 0 Å². The number of sulfonamides is 1. The molecule has 0 atom stereocenters. The summed E-state index contributed by atoms with van der Waals surface area (Å²) in [6.07, 6.45) is 4.58. The summed E-state index contributed by atoms with van der Waals surface area (Å²) in [5.41, 5.74) is 4.44. The molecule has 0 fully saturated rings. The van der Waals surface area contributed by atoms with Gasteiger partial charge >= 0.3 is 0 Å². The van der Waals surface area contributed by atoms with Crippen molar-refractivity contribution in [3.63, 3.8) is 0 Å². The molecule has 0 unspecified atom stereocenters. The summed E-state index contributed by atoms with van der Waals surface area (Å²) in [4.78, 5) is 22.0. The van der Waals surface area contributed by atoms with E-state index in [9.17, 15) is 17.6 Å². The lowest BCUT2D eigenvalue weighted by molar-refractivity contribution is 0.0964. The van der Waals surface area contributed by atoms with Crippen LogP contribution < -0.4 is 9.62 Å². The van der Waals surface area contributed by atoms with Crippen LogP contribution in [0, 0.1) is 5.82 Å². The Morgan fingerprint density at radius 1 is 1.02 bits per heavy atom. The Hall–Kier alpha value is -4.61. The molecule has 0 bridgehead atoms. The summed E-state index contributed by atoms with van der Waals surface area (Å²) in [7, 11) is -0.683. The molecule has 0 radical (unpaired) electrons. The fourth-order valence-corrected chi connectivity index (χ4v) is 6.12. The fraction of sp³-hybridized carbons (Fsp3) is 0.100. The molecule has 206 valence electrons. The van der Waals surface area contributed by atoms with Gasteiger partial charge in [0.15, 0.2) is 0 Å². The van der Waals surface area contributed by atoms with Crippen LogP contribution in [0.15, 0.2) is 83.5 Å². The maximum Gasteiger partial charge on any atom is 0.255 e. The summed E-state index contributed by atoms with van der Waals surface area (Å²) in [5.74, 6) is -0.564. The molecule has 3 aromatic carbocycles. The number of hydrogen-bond donors (Lipinski definition) is 1. The Bertz CT molecular complexity index is 2040. The van der Waals surface area contributed by atoms with Crippen molar-refractivity contribution < 1.29 is 22.0 Å². The molecular weight excluding hydrogens is 563 g/mol. The van der Waals surface area contributed by atoms with E-state index < -0.39 is 21.7 Å². The summed E-state index contributed by atoms with van der Waals surface area (Å²) in [6.45, 7) is 0. The molecule has 6 rings (SSSR count). The third-order valence-electron chi connectivity index (χ3n) is 6.82. The fourth-order valence-electron chi connectivity index (χ4n) is 4.68. The number of fused-ring (bicyclic) bond motifs is 2. The number of benzene rings is 3. The predicted molar refractivity (Wildman–Crippen MR) is 160 cm³/mol. The first-order chi connectivity index (χ1) is 19.6. The molecule has 1 amide bonds. The predicted octanol–water partition coefficient (Wildman–Crippen LogP) is 6.33. The third-order valence-corrected chi connectivity index (χ3v) is 9.06. The minimum atomic E-state index is -3.66. The van der Waals surface area contributed by atoms with E-state index in [1.807, 2.05) is 30.3 Å². The van der Waals surface area contributed by atoms with Crippen molar-refractivity contribution in [2.45, 2.75) is 0 Å². The number of hydrogen-bond acceptors (Lipinski definition) is 7. The van der Waals surface area contributed by atoms with Gasteiger partial charge in [-0.15, -0.1) is 11.3 Å². The minimum absolute atomic E-state index is 0.251. The zero-order valence-corrected chi connectivity index (χ0v) is 23.8. The van der Waals surface area contributed by atoms with Crippen molar-refractivity contribution in [1.82, 2.24) is 15.3 Å². The van der Waals surface area contributed by atoms with E-state index in [-0.39, 0.29) is 11.3 Å². The van der Waals surface area contributed by atoms with Crippen LogP contribution in [-0.4, -0.2) is 44.6 Å². The summed E-state index contributed by atoms with van der Waals surface area (Å²) < 4.78 is 47.3. The second kappa shape index (κ2) is 10.1. The van der Waals surface area contributed by atoms with Crippen LogP contribution in [-0.2, 0) is 10.0 Å². The molecule has 0 saturated heterocycles. The van der Waals surface area contributed by atoms with Crippen LogP contribution in [0.4, 0.5) is 10.1 Å². The van der Waals surface area contributed by atoms with E-state index in [4.69, 9.17) is 9.40 Å². The molecule has 0 saturated carbocycles. The van der Waals surface area contributed by atoms with Gasteiger partial charge in [-0.2, -0.15) is 0 Å². The number of thiazole rings is 1. The Labute approximate surface area is 239 Å². The Balaban J connectivity index is 1.61. The maximum atomic E-state index is 13.7. The number of aromatic nitrogens is 2. The number of anilines is 1. The van der Waals surface area contributed by atoms with Crippen molar-refractivity contribution in [2.24, 2.45) is 0 Å². The smallest absolute Gasteiger partial charge is 0.255 e. The van der Waals surface area contributed by atoms with Gasteiger partial charge in [0.1, 0.15) is 22.2 Å². The van der Waals surface area contributed by atoms with E-state index in [0.717, 1.165) is 32.6 Å². The van der Waals surface area contributed by atoms with Crippen LogP contribution in [0.3, 0.4) is 0 Å².